The third kappa shape index (κ3) is 5.79. The van der Waals surface area contributed by atoms with Crippen LogP contribution in [0.15, 0.2) is 48.5 Å². The summed E-state index contributed by atoms with van der Waals surface area (Å²) < 4.78 is 11.1. The molecule has 8 nitrogen and oxygen atoms in total. The molecule has 3 atom stereocenters. The number of hydrogen-bond donors (Lipinski definition) is 3. The van der Waals surface area contributed by atoms with Crippen molar-refractivity contribution >= 4 is 29.7 Å². The van der Waals surface area contributed by atoms with Crippen molar-refractivity contribution in [2.45, 2.75) is 30.9 Å². The third-order valence-corrected chi connectivity index (χ3v) is 7.19. The Kier molecular flexibility index (Phi) is 8.30. The summed E-state index contributed by atoms with van der Waals surface area (Å²) in [5.41, 5.74) is 4.59. The molecule has 0 unspecified atom stereocenters. The van der Waals surface area contributed by atoms with Crippen molar-refractivity contribution in [1.29, 1.82) is 0 Å². The van der Waals surface area contributed by atoms with Crippen LogP contribution >= 0.6 is 11.8 Å². The summed E-state index contributed by atoms with van der Waals surface area (Å²) in [6, 6.07) is 15.3. The van der Waals surface area contributed by atoms with Gasteiger partial charge in [-0.05, 0) is 47.1 Å². The number of aliphatic carboxylic acids is 1. The zero-order chi connectivity index (χ0) is 24.8. The normalized spacial score (nSPS) is 19.5. The van der Waals surface area contributed by atoms with E-state index < -0.39 is 30.1 Å². The maximum Gasteiger partial charge on any atom is 0.407 e. The smallest absolute Gasteiger partial charge is 0.407 e. The quantitative estimate of drug-likeness (QED) is 0.461. The number of carbonyl (C=O) groups is 3. The zero-order valence-corrected chi connectivity index (χ0v) is 20.4. The van der Waals surface area contributed by atoms with Gasteiger partial charge >= 0.3 is 12.1 Å². The van der Waals surface area contributed by atoms with Crippen molar-refractivity contribution < 1.29 is 29.0 Å². The van der Waals surface area contributed by atoms with Crippen LogP contribution in [0.3, 0.4) is 0 Å². The Morgan fingerprint density at radius 2 is 1.77 bits per heavy atom. The average Bonchev–Trinajstić information content (AvgIpc) is 3.46. The predicted octanol–water partition coefficient (Wildman–Crippen LogP) is 3.25. The largest absolute Gasteiger partial charge is 0.480 e. The van der Waals surface area contributed by atoms with E-state index in [1.807, 2.05) is 30.5 Å². The molecule has 2 aromatic carbocycles. The molecule has 35 heavy (non-hydrogen) atoms. The van der Waals surface area contributed by atoms with E-state index >= 15 is 0 Å². The summed E-state index contributed by atoms with van der Waals surface area (Å²) in [5, 5.41) is 14.7. The van der Waals surface area contributed by atoms with Gasteiger partial charge in [-0.15, -0.1) is 0 Å². The number of hydrogen-bond acceptors (Lipinski definition) is 6. The maximum absolute atomic E-state index is 12.7. The maximum atomic E-state index is 12.7. The van der Waals surface area contributed by atoms with Gasteiger partial charge in [0.05, 0.1) is 0 Å². The molecule has 1 aliphatic carbocycles. The monoisotopic (exact) mass is 498 g/mol. The van der Waals surface area contributed by atoms with Crippen LogP contribution in [0.1, 0.15) is 29.9 Å². The molecule has 0 radical (unpaired) electrons. The second-order valence-corrected chi connectivity index (χ2v) is 9.71. The van der Waals surface area contributed by atoms with Crippen LogP contribution in [0.4, 0.5) is 4.79 Å². The number of fused-ring (bicyclic) bond motifs is 3. The Labute approximate surface area is 208 Å². The van der Waals surface area contributed by atoms with Crippen LogP contribution in [0.2, 0.25) is 0 Å². The summed E-state index contributed by atoms with van der Waals surface area (Å²) in [4.78, 5) is 36.6. The number of alkyl carbamates (subject to hydrolysis) is 1. The minimum Gasteiger partial charge on any atom is -0.480 e. The van der Waals surface area contributed by atoms with Crippen LogP contribution in [0.5, 0.6) is 0 Å². The molecule has 4 rings (SSSR count). The summed E-state index contributed by atoms with van der Waals surface area (Å²) in [6.45, 7) is 0.787. The Bertz CT molecular complexity index is 1030. The van der Waals surface area contributed by atoms with E-state index in [9.17, 15) is 19.5 Å². The van der Waals surface area contributed by atoms with Crippen molar-refractivity contribution in [3.8, 4) is 11.1 Å². The van der Waals surface area contributed by atoms with E-state index in [4.69, 9.17) is 9.47 Å². The number of benzene rings is 2. The molecule has 0 saturated carbocycles. The first-order valence-electron chi connectivity index (χ1n) is 11.7. The molecule has 1 saturated heterocycles. The molecule has 3 N–H and O–H groups in total. The fraction of sp³-hybridized carbons (Fsp3) is 0.423. The van der Waals surface area contributed by atoms with Crippen LogP contribution in [-0.2, 0) is 19.1 Å². The van der Waals surface area contributed by atoms with Gasteiger partial charge in [-0.1, -0.05) is 48.5 Å². The summed E-state index contributed by atoms with van der Waals surface area (Å²) >= 11 is 1.52. The predicted molar refractivity (Wildman–Crippen MR) is 133 cm³/mol. The van der Waals surface area contributed by atoms with E-state index in [0.29, 0.717) is 25.2 Å². The van der Waals surface area contributed by atoms with Gasteiger partial charge in [0.25, 0.3) is 0 Å². The van der Waals surface area contributed by atoms with E-state index in [-0.39, 0.29) is 25.0 Å². The molecular formula is C26H30N2O6S. The Balaban J connectivity index is 1.29. The fourth-order valence-electron chi connectivity index (χ4n) is 4.74. The number of amides is 2. The second-order valence-electron chi connectivity index (χ2n) is 8.73. The lowest BCUT2D eigenvalue weighted by molar-refractivity contribution is -0.144. The highest BCUT2D eigenvalue weighted by Gasteiger charge is 2.36. The van der Waals surface area contributed by atoms with Crippen molar-refractivity contribution in [3.63, 3.8) is 0 Å². The molecule has 0 bridgehead atoms. The second kappa shape index (κ2) is 11.6. The van der Waals surface area contributed by atoms with Crippen LogP contribution < -0.4 is 10.6 Å². The molecule has 1 heterocycles. The SMILES string of the molecule is CSCC[C@@H](NC(=O)[C@H]1OCC[C@H]1CNC(=O)OCC1c2ccccc2-c2ccccc21)C(=O)O. The molecule has 2 aromatic rings. The van der Waals surface area contributed by atoms with Crippen LogP contribution in [0.25, 0.3) is 11.1 Å². The van der Waals surface area contributed by atoms with Gasteiger partial charge in [0.2, 0.25) is 5.91 Å². The average molecular weight is 499 g/mol. The van der Waals surface area contributed by atoms with E-state index in [0.717, 1.165) is 22.3 Å². The van der Waals surface area contributed by atoms with E-state index in [2.05, 4.69) is 34.9 Å². The highest BCUT2D eigenvalue weighted by molar-refractivity contribution is 7.98. The minimum absolute atomic E-state index is 0.0317. The molecule has 0 aromatic heterocycles. The van der Waals surface area contributed by atoms with Crippen molar-refractivity contribution in [1.82, 2.24) is 10.6 Å². The third-order valence-electron chi connectivity index (χ3n) is 6.55. The Hall–Kier alpha value is -3.04. The zero-order valence-electron chi connectivity index (χ0n) is 19.6. The Morgan fingerprint density at radius 1 is 1.11 bits per heavy atom. The molecule has 1 fully saturated rings. The Morgan fingerprint density at radius 3 is 2.40 bits per heavy atom. The molecule has 2 aliphatic rings. The summed E-state index contributed by atoms with van der Waals surface area (Å²) in [7, 11) is 0. The molecule has 9 heteroatoms. The van der Waals surface area contributed by atoms with Crippen molar-refractivity contribution in [2.75, 3.05) is 31.8 Å². The van der Waals surface area contributed by atoms with Crippen molar-refractivity contribution in [3.05, 3.63) is 59.7 Å². The number of ether oxygens (including phenoxy) is 2. The molecular weight excluding hydrogens is 468 g/mol. The lowest BCUT2D eigenvalue weighted by Crippen LogP contribution is -2.48. The highest BCUT2D eigenvalue weighted by atomic mass is 32.2. The van der Waals surface area contributed by atoms with Crippen LogP contribution in [0, 0.1) is 5.92 Å². The standard InChI is InChI=1S/C26H30N2O6S/c1-35-13-11-22(25(30)31)28-24(29)23-16(10-12-33-23)14-27-26(32)34-15-21-19-8-4-2-6-17(19)18-7-3-5-9-20(18)21/h2-9,16,21-23H,10-15H2,1H3,(H,27,32)(H,28,29)(H,30,31)/t16-,22+,23-/m0/s1. The van der Waals surface area contributed by atoms with Crippen molar-refractivity contribution in [2.24, 2.45) is 5.92 Å². The number of thioether (sulfide) groups is 1. The van der Waals surface area contributed by atoms with Gasteiger partial charge in [0.15, 0.2) is 0 Å². The molecule has 2 amide bonds. The van der Waals surface area contributed by atoms with Gasteiger partial charge in [-0.2, -0.15) is 11.8 Å². The number of carbonyl (C=O) groups excluding carboxylic acids is 2. The number of carboxylic acid groups (broad SMARTS) is 1. The summed E-state index contributed by atoms with van der Waals surface area (Å²) in [6.07, 6.45) is 1.44. The number of nitrogens with one attached hydrogen (secondary N) is 2. The van der Waals surface area contributed by atoms with Gasteiger partial charge in [0, 0.05) is 25.0 Å². The van der Waals surface area contributed by atoms with Gasteiger partial charge in [-0.25, -0.2) is 9.59 Å². The molecule has 186 valence electrons. The van der Waals surface area contributed by atoms with Crippen LogP contribution in [-0.4, -0.2) is 67.0 Å². The first-order chi connectivity index (χ1) is 17.0. The van der Waals surface area contributed by atoms with E-state index in [1.165, 1.54) is 11.8 Å². The topological polar surface area (TPSA) is 114 Å². The lowest BCUT2D eigenvalue weighted by Gasteiger charge is -2.21. The lowest BCUT2D eigenvalue weighted by atomic mass is 9.98. The number of rotatable bonds is 10. The van der Waals surface area contributed by atoms with Gasteiger partial charge in [-0.3, -0.25) is 4.79 Å². The first-order valence-corrected chi connectivity index (χ1v) is 13.1. The fourth-order valence-corrected chi connectivity index (χ4v) is 5.21. The van der Waals surface area contributed by atoms with Gasteiger partial charge in [0.1, 0.15) is 18.8 Å². The number of carboxylic acids is 1. The molecule has 1 aliphatic heterocycles. The van der Waals surface area contributed by atoms with E-state index in [1.54, 1.807) is 0 Å². The molecule has 0 spiro atoms. The minimum atomic E-state index is -1.07. The first kappa shape index (κ1) is 25.1. The highest BCUT2D eigenvalue weighted by Crippen LogP contribution is 2.44. The summed E-state index contributed by atoms with van der Waals surface area (Å²) in [5.74, 6) is -1.20. The van der Waals surface area contributed by atoms with Gasteiger partial charge < -0.3 is 25.2 Å².